The van der Waals surface area contributed by atoms with Crippen LogP contribution in [0.2, 0.25) is 0 Å². The highest BCUT2D eigenvalue weighted by molar-refractivity contribution is 7.03. The molecule has 3 amide bonds. The standard InChI is InChI=1S/C19H23N5O2S/c25-17(16-14-27-22-21-16)23-10-6-19(7-11-23)8-12-24(13-9-19)18(26)20-15-4-2-1-3-5-15/h1-5,14H,6-13H2,(H,20,26). The van der Waals surface area contributed by atoms with Gasteiger partial charge in [0, 0.05) is 37.2 Å². The highest BCUT2D eigenvalue weighted by Crippen LogP contribution is 2.41. The van der Waals surface area contributed by atoms with Gasteiger partial charge in [-0.1, -0.05) is 22.7 Å². The smallest absolute Gasteiger partial charge is 0.321 e. The van der Waals surface area contributed by atoms with E-state index in [0.29, 0.717) is 5.69 Å². The molecular weight excluding hydrogens is 362 g/mol. The molecule has 142 valence electrons. The van der Waals surface area contributed by atoms with Crippen LogP contribution in [0.1, 0.15) is 36.2 Å². The number of hydrogen-bond donors (Lipinski definition) is 1. The summed E-state index contributed by atoms with van der Waals surface area (Å²) in [6.07, 6.45) is 3.97. The Morgan fingerprint density at radius 3 is 2.19 bits per heavy atom. The number of nitrogens with zero attached hydrogens (tertiary/aromatic N) is 4. The van der Waals surface area contributed by atoms with Gasteiger partial charge in [-0.2, -0.15) is 0 Å². The molecule has 0 bridgehead atoms. The van der Waals surface area contributed by atoms with Gasteiger partial charge in [0.15, 0.2) is 5.69 Å². The van der Waals surface area contributed by atoms with E-state index in [1.54, 1.807) is 5.38 Å². The SMILES string of the molecule is O=C(Nc1ccccc1)N1CCC2(CC1)CCN(C(=O)c1csnn1)CC2. The first-order valence-electron chi connectivity index (χ1n) is 9.33. The molecule has 2 aromatic rings. The topological polar surface area (TPSA) is 78.4 Å². The number of likely N-dealkylation sites (tertiary alicyclic amines) is 2. The molecule has 27 heavy (non-hydrogen) atoms. The summed E-state index contributed by atoms with van der Waals surface area (Å²) in [5.74, 6) is -0.0155. The van der Waals surface area contributed by atoms with E-state index in [1.165, 1.54) is 11.5 Å². The summed E-state index contributed by atoms with van der Waals surface area (Å²) in [5.41, 5.74) is 1.52. The largest absolute Gasteiger partial charge is 0.337 e. The Hall–Kier alpha value is -2.48. The number of amides is 3. The maximum Gasteiger partial charge on any atom is 0.321 e. The molecule has 3 heterocycles. The molecule has 0 atom stereocenters. The summed E-state index contributed by atoms with van der Waals surface area (Å²) in [5, 5.41) is 8.55. The third-order valence-corrected chi connectivity index (χ3v) is 6.33. The minimum Gasteiger partial charge on any atom is -0.337 e. The monoisotopic (exact) mass is 385 g/mol. The number of para-hydroxylation sites is 1. The Balaban J connectivity index is 1.28. The van der Waals surface area contributed by atoms with Crippen LogP contribution in [0.5, 0.6) is 0 Å². The Labute approximate surface area is 162 Å². The summed E-state index contributed by atoms with van der Waals surface area (Å²) in [7, 11) is 0. The predicted molar refractivity (Wildman–Crippen MR) is 104 cm³/mol. The Morgan fingerprint density at radius 2 is 1.59 bits per heavy atom. The van der Waals surface area contributed by atoms with Gasteiger partial charge in [0.05, 0.1) is 0 Å². The van der Waals surface area contributed by atoms with Gasteiger partial charge in [-0.05, 0) is 54.8 Å². The maximum absolute atomic E-state index is 12.5. The van der Waals surface area contributed by atoms with E-state index < -0.39 is 0 Å². The van der Waals surface area contributed by atoms with E-state index >= 15 is 0 Å². The molecule has 7 nitrogen and oxygen atoms in total. The lowest BCUT2D eigenvalue weighted by molar-refractivity contribution is 0.0376. The summed E-state index contributed by atoms with van der Waals surface area (Å²) >= 11 is 1.20. The number of carbonyl (C=O) groups is 2. The molecular formula is C19H23N5O2S. The van der Waals surface area contributed by atoms with Gasteiger partial charge in [-0.25, -0.2) is 4.79 Å². The molecule has 1 spiro atoms. The highest BCUT2D eigenvalue weighted by atomic mass is 32.1. The maximum atomic E-state index is 12.5. The van der Waals surface area contributed by atoms with Crippen LogP contribution >= 0.6 is 11.5 Å². The van der Waals surface area contributed by atoms with Crippen molar-refractivity contribution in [1.82, 2.24) is 19.4 Å². The lowest BCUT2D eigenvalue weighted by Crippen LogP contribution is -2.50. The van der Waals surface area contributed by atoms with Crippen LogP contribution in [0, 0.1) is 5.41 Å². The fourth-order valence-electron chi connectivity index (χ4n) is 4.01. The molecule has 2 aliphatic rings. The molecule has 4 rings (SSSR count). The van der Waals surface area contributed by atoms with E-state index in [0.717, 1.165) is 57.5 Å². The van der Waals surface area contributed by atoms with Crippen molar-refractivity contribution in [2.45, 2.75) is 25.7 Å². The zero-order chi connectivity index (χ0) is 18.7. The normalized spacial score (nSPS) is 19.1. The summed E-state index contributed by atoms with van der Waals surface area (Å²) in [6.45, 7) is 3.05. The second kappa shape index (κ2) is 7.64. The van der Waals surface area contributed by atoms with Gasteiger partial charge in [-0.15, -0.1) is 5.10 Å². The zero-order valence-electron chi connectivity index (χ0n) is 15.1. The molecule has 1 N–H and O–H groups in total. The van der Waals surface area contributed by atoms with Crippen LogP contribution in [0.4, 0.5) is 10.5 Å². The number of aromatic nitrogens is 2. The lowest BCUT2D eigenvalue weighted by Gasteiger charge is -2.46. The fourth-order valence-corrected chi connectivity index (χ4v) is 4.44. The molecule has 0 aliphatic carbocycles. The molecule has 2 aliphatic heterocycles. The molecule has 2 saturated heterocycles. The van der Waals surface area contributed by atoms with Gasteiger partial charge in [0.25, 0.3) is 5.91 Å². The van der Waals surface area contributed by atoms with Crippen LogP contribution in [-0.4, -0.2) is 57.5 Å². The molecule has 0 unspecified atom stereocenters. The molecule has 1 aromatic carbocycles. The van der Waals surface area contributed by atoms with E-state index in [9.17, 15) is 9.59 Å². The minimum absolute atomic E-state index is 0.0155. The van der Waals surface area contributed by atoms with Crippen LogP contribution in [0.3, 0.4) is 0 Å². The van der Waals surface area contributed by atoms with E-state index in [-0.39, 0.29) is 17.4 Å². The highest BCUT2D eigenvalue weighted by Gasteiger charge is 2.39. The van der Waals surface area contributed by atoms with Crippen LogP contribution < -0.4 is 5.32 Å². The summed E-state index contributed by atoms with van der Waals surface area (Å²) < 4.78 is 3.78. The van der Waals surface area contributed by atoms with Crippen LogP contribution in [0.25, 0.3) is 0 Å². The van der Waals surface area contributed by atoms with Crippen molar-refractivity contribution in [1.29, 1.82) is 0 Å². The molecule has 0 radical (unpaired) electrons. The first kappa shape index (κ1) is 17.9. The average Bonchev–Trinajstić information content (AvgIpc) is 3.24. The second-order valence-corrected chi connectivity index (χ2v) is 7.98. The third kappa shape index (κ3) is 3.95. The number of benzene rings is 1. The molecule has 8 heteroatoms. The van der Waals surface area contributed by atoms with E-state index in [2.05, 4.69) is 14.9 Å². The van der Waals surface area contributed by atoms with Crippen LogP contribution in [0.15, 0.2) is 35.7 Å². The Morgan fingerprint density at radius 1 is 0.963 bits per heavy atom. The summed E-state index contributed by atoms with van der Waals surface area (Å²) in [6, 6.07) is 9.53. The number of carbonyl (C=O) groups excluding carboxylic acids is 2. The van der Waals surface area contributed by atoms with Gasteiger partial charge in [-0.3, -0.25) is 4.79 Å². The third-order valence-electron chi connectivity index (χ3n) is 5.83. The number of anilines is 1. The van der Waals surface area contributed by atoms with Crippen molar-refractivity contribution >= 4 is 29.2 Å². The van der Waals surface area contributed by atoms with Crippen molar-refractivity contribution in [2.24, 2.45) is 5.41 Å². The lowest BCUT2D eigenvalue weighted by atomic mass is 9.71. The first-order valence-corrected chi connectivity index (χ1v) is 10.2. The number of rotatable bonds is 2. The van der Waals surface area contributed by atoms with Crippen molar-refractivity contribution < 1.29 is 9.59 Å². The number of piperidine rings is 2. The van der Waals surface area contributed by atoms with Gasteiger partial charge in [0.2, 0.25) is 0 Å². The Bertz CT molecular complexity index is 778. The number of urea groups is 1. The van der Waals surface area contributed by atoms with E-state index in [4.69, 9.17) is 0 Å². The zero-order valence-corrected chi connectivity index (χ0v) is 16.0. The molecule has 1 aromatic heterocycles. The molecule has 2 fully saturated rings. The van der Waals surface area contributed by atoms with Gasteiger partial charge in [0.1, 0.15) is 0 Å². The average molecular weight is 385 g/mol. The van der Waals surface area contributed by atoms with Crippen molar-refractivity contribution in [3.63, 3.8) is 0 Å². The fraction of sp³-hybridized carbons (Fsp3) is 0.474. The Kier molecular flexibility index (Phi) is 5.07. The predicted octanol–water partition coefficient (Wildman–Crippen LogP) is 3.09. The van der Waals surface area contributed by atoms with E-state index in [1.807, 2.05) is 40.1 Å². The number of hydrogen-bond acceptors (Lipinski definition) is 5. The van der Waals surface area contributed by atoms with Gasteiger partial charge < -0.3 is 15.1 Å². The molecule has 0 saturated carbocycles. The van der Waals surface area contributed by atoms with Crippen molar-refractivity contribution in [3.05, 3.63) is 41.4 Å². The summed E-state index contributed by atoms with van der Waals surface area (Å²) in [4.78, 5) is 28.7. The van der Waals surface area contributed by atoms with Crippen molar-refractivity contribution in [3.8, 4) is 0 Å². The minimum atomic E-state index is -0.0281. The van der Waals surface area contributed by atoms with Crippen LogP contribution in [-0.2, 0) is 0 Å². The number of nitrogens with one attached hydrogen (secondary N) is 1. The first-order chi connectivity index (χ1) is 13.2. The second-order valence-electron chi connectivity index (χ2n) is 7.37. The van der Waals surface area contributed by atoms with Crippen molar-refractivity contribution in [2.75, 3.05) is 31.5 Å². The van der Waals surface area contributed by atoms with Gasteiger partial charge >= 0.3 is 6.03 Å². The quantitative estimate of drug-likeness (QED) is 0.862.